The van der Waals surface area contributed by atoms with Crippen molar-refractivity contribution >= 4 is 15.9 Å². The van der Waals surface area contributed by atoms with Crippen molar-refractivity contribution < 1.29 is 0 Å². The first-order valence-corrected chi connectivity index (χ1v) is 5.91. The zero-order valence-corrected chi connectivity index (χ0v) is 10.8. The van der Waals surface area contributed by atoms with E-state index < -0.39 is 0 Å². The van der Waals surface area contributed by atoms with Crippen LogP contribution in [0.4, 0.5) is 0 Å². The molecule has 0 fully saturated rings. The van der Waals surface area contributed by atoms with Crippen molar-refractivity contribution in [3.05, 3.63) is 33.8 Å². The van der Waals surface area contributed by atoms with Crippen LogP contribution in [0.25, 0.3) is 0 Å². The smallest absolute Gasteiger partial charge is 0.0442 e. The quantitative estimate of drug-likeness (QED) is 0.823. The lowest BCUT2D eigenvalue weighted by atomic mass is 10.0. The molecule has 0 bridgehead atoms. The Kier molecular flexibility index (Phi) is 4.87. The zero-order valence-electron chi connectivity index (χ0n) is 9.18. The number of nitrogens with one attached hydrogen (secondary N) is 1. The fourth-order valence-electron chi connectivity index (χ4n) is 1.59. The van der Waals surface area contributed by atoms with E-state index >= 15 is 0 Å². The molecule has 0 aliphatic carbocycles. The summed E-state index contributed by atoms with van der Waals surface area (Å²) >= 11 is 3.56. The summed E-state index contributed by atoms with van der Waals surface area (Å²) in [7, 11) is 0. The number of hydrogen-bond donors (Lipinski definition) is 1. The van der Waals surface area contributed by atoms with Crippen molar-refractivity contribution in [3.8, 4) is 12.3 Å². The molecule has 0 radical (unpaired) electrons. The van der Waals surface area contributed by atoms with E-state index in [2.05, 4.69) is 59.2 Å². The molecule has 0 spiro atoms. The summed E-state index contributed by atoms with van der Waals surface area (Å²) in [6, 6.07) is 6.58. The van der Waals surface area contributed by atoms with Crippen LogP contribution in [0.5, 0.6) is 0 Å². The maximum Gasteiger partial charge on any atom is 0.0442 e. The summed E-state index contributed by atoms with van der Waals surface area (Å²) in [6.45, 7) is 5.11. The summed E-state index contributed by atoms with van der Waals surface area (Å²) in [5.74, 6) is 2.71. The van der Waals surface area contributed by atoms with Crippen molar-refractivity contribution in [3.63, 3.8) is 0 Å². The van der Waals surface area contributed by atoms with Crippen LogP contribution in [0.3, 0.4) is 0 Å². The van der Waals surface area contributed by atoms with Crippen LogP contribution in [-0.2, 0) is 0 Å². The van der Waals surface area contributed by atoms with Crippen LogP contribution in [0.2, 0.25) is 0 Å². The molecule has 0 aromatic heterocycles. The molecule has 1 rings (SSSR count). The monoisotopic (exact) mass is 265 g/mol. The van der Waals surface area contributed by atoms with E-state index in [1.54, 1.807) is 0 Å². The van der Waals surface area contributed by atoms with Crippen molar-refractivity contribution in [1.29, 1.82) is 0 Å². The maximum absolute atomic E-state index is 5.38. The zero-order chi connectivity index (χ0) is 11.3. The van der Waals surface area contributed by atoms with Gasteiger partial charge in [-0.2, -0.15) is 0 Å². The Bertz CT molecular complexity index is 365. The minimum atomic E-state index is 0.245. The molecule has 0 amide bonds. The van der Waals surface area contributed by atoms with Gasteiger partial charge < -0.3 is 5.32 Å². The van der Waals surface area contributed by atoms with Crippen LogP contribution in [0.15, 0.2) is 22.7 Å². The van der Waals surface area contributed by atoms with E-state index in [0.717, 1.165) is 17.4 Å². The lowest BCUT2D eigenvalue weighted by Gasteiger charge is -2.17. The summed E-state index contributed by atoms with van der Waals surface area (Å²) in [5, 5.41) is 3.40. The topological polar surface area (TPSA) is 12.0 Å². The van der Waals surface area contributed by atoms with Crippen LogP contribution in [0.1, 0.15) is 30.5 Å². The van der Waals surface area contributed by atoms with Gasteiger partial charge in [-0.1, -0.05) is 40.5 Å². The van der Waals surface area contributed by atoms with E-state index in [4.69, 9.17) is 6.42 Å². The predicted molar refractivity (Wildman–Crippen MR) is 68.7 cm³/mol. The van der Waals surface area contributed by atoms with Crippen molar-refractivity contribution in [2.45, 2.75) is 26.3 Å². The van der Waals surface area contributed by atoms with E-state index in [1.807, 2.05) is 0 Å². The third kappa shape index (κ3) is 3.37. The normalized spacial score (nSPS) is 12.1. The summed E-state index contributed by atoms with van der Waals surface area (Å²) in [5.41, 5.74) is 2.50. The Morgan fingerprint density at radius 1 is 1.53 bits per heavy atom. The van der Waals surface area contributed by atoms with Gasteiger partial charge in [-0.25, -0.2) is 0 Å². The number of halogens is 1. The molecule has 1 aromatic carbocycles. The first-order valence-electron chi connectivity index (χ1n) is 5.12. The maximum atomic E-state index is 5.38. The minimum absolute atomic E-state index is 0.245. The van der Waals surface area contributed by atoms with Gasteiger partial charge in [-0.05, 0) is 25.1 Å². The van der Waals surface area contributed by atoms with Crippen LogP contribution in [-0.4, -0.2) is 6.54 Å². The molecule has 15 heavy (non-hydrogen) atoms. The van der Waals surface area contributed by atoms with Crippen LogP contribution >= 0.6 is 15.9 Å². The lowest BCUT2D eigenvalue weighted by Crippen LogP contribution is -2.20. The summed E-state index contributed by atoms with van der Waals surface area (Å²) < 4.78 is 1.12. The average molecular weight is 266 g/mol. The van der Waals surface area contributed by atoms with E-state index in [9.17, 15) is 0 Å². The number of hydrogen-bond acceptors (Lipinski definition) is 1. The molecule has 0 saturated carbocycles. The molecule has 0 aliphatic heterocycles. The standard InChI is InChI=1S/C13H16BrN/c1-4-6-13(15-5-2)11-9-10(3)7-8-12(11)14/h1,7-9,13,15H,5-6H2,2-3H3. The highest BCUT2D eigenvalue weighted by Gasteiger charge is 2.12. The fourth-order valence-corrected chi connectivity index (χ4v) is 2.11. The molecule has 2 heteroatoms. The van der Waals surface area contributed by atoms with Gasteiger partial charge in [-0.15, -0.1) is 12.3 Å². The van der Waals surface area contributed by atoms with Gasteiger partial charge in [0.25, 0.3) is 0 Å². The van der Waals surface area contributed by atoms with E-state index in [1.165, 1.54) is 11.1 Å². The highest BCUT2D eigenvalue weighted by Crippen LogP contribution is 2.26. The number of benzene rings is 1. The number of terminal acetylenes is 1. The molecular weight excluding hydrogens is 250 g/mol. The largest absolute Gasteiger partial charge is 0.309 e. The fraction of sp³-hybridized carbons (Fsp3) is 0.385. The number of rotatable bonds is 4. The first-order chi connectivity index (χ1) is 7.19. The molecule has 1 N–H and O–H groups in total. The highest BCUT2D eigenvalue weighted by molar-refractivity contribution is 9.10. The molecule has 80 valence electrons. The van der Waals surface area contributed by atoms with Gasteiger partial charge >= 0.3 is 0 Å². The second-order valence-electron chi connectivity index (χ2n) is 3.54. The van der Waals surface area contributed by atoms with Gasteiger partial charge in [0.05, 0.1) is 0 Å². The minimum Gasteiger partial charge on any atom is -0.309 e. The van der Waals surface area contributed by atoms with E-state index in [0.29, 0.717) is 0 Å². The van der Waals surface area contributed by atoms with Crippen molar-refractivity contribution in [1.82, 2.24) is 5.32 Å². The Hall–Kier alpha value is -0.780. The van der Waals surface area contributed by atoms with Crippen molar-refractivity contribution in [2.75, 3.05) is 6.54 Å². The lowest BCUT2D eigenvalue weighted by molar-refractivity contribution is 0.563. The molecule has 1 nitrogen and oxygen atoms in total. The molecule has 0 aliphatic rings. The average Bonchev–Trinajstić information content (AvgIpc) is 2.21. The van der Waals surface area contributed by atoms with Gasteiger partial charge in [0, 0.05) is 16.9 Å². The molecular formula is C13H16BrN. The van der Waals surface area contributed by atoms with Crippen LogP contribution in [0, 0.1) is 19.3 Å². The second kappa shape index (κ2) is 5.95. The number of aryl methyl sites for hydroxylation is 1. The molecule has 1 atom stereocenters. The van der Waals surface area contributed by atoms with Gasteiger partial charge in [0.2, 0.25) is 0 Å². The Morgan fingerprint density at radius 2 is 2.27 bits per heavy atom. The Balaban J connectivity index is 2.99. The van der Waals surface area contributed by atoms with Gasteiger partial charge in [0.1, 0.15) is 0 Å². The summed E-state index contributed by atoms with van der Waals surface area (Å²) in [6.07, 6.45) is 6.10. The summed E-state index contributed by atoms with van der Waals surface area (Å²) in [4.78, 5) is 0. The molecule has 1 aromatic rings. The second-order valence-corrected chi connectivity index (χ2v) is 4.40. The Morgan fingerprint density at radius 3 is 2.87 bits per heavy atom. The van der Waals surface area contributed by atoms with E-state index in [-0.39, 0.29) is 6.04 Å². The highest BCUT2D eigenvalue weighted by atomic mass is 79.9. The molecule has 1 unspecified atom stereocenters. The van der Waals surface area contributed by atoms with Crippen molar-refractivity contribution in [2.24, 2.45) is 0 Å². The SMILES string of the molecule is C#CCC(NCC)c1cc(C)ccc1Br. The molecule has 0 saturated heterocycles. The van der Waals surface area contributed by atoms with Gasteiger partial charge in [-0.3, -0.25) is 0 Å². The van der Waals surface area contributed by atoms with Crippen LogP contribution < -0.4 is 5.32 Å². The Labute approximate surface area is 100 Å². The predicted octanol–water partition coefficient (Wildman–Crippen LogP) is 3.43. The molecule has 0 heterocycles. The third-order valence-electron chi connectivity index (χ3n) is 2.30. The first kappa shape index (κ1) is 12.3. The third-order valence-corrected chi connectivity index (χ3v) is 3.02. The van der Waals surface area contributed by atoms with Gasteiger partial charge in [0.15, 0.2) is 0 Å².